The van der Waals surface area contributed by atoms with Gasteiger partial charge in [0.2, 0.25) is 0 Å². The van der Waals surface area contributed by atoms with Crippen molar-refractivity contribution in [3.63, 3.8) is 0 Å². The molecule has 2 rings (SSSR count). The lowest BCUT2D eigenvalue weighted by molar-refractivity contribution is -0.138. The SMILES string of the molecule is FC(F)(F)c1cnc(CCC2CCCNCCC2)nc1. The Bertz CT molecular complexity index is 395. The Labute approximate surface area is 117 Å². The summed E-state index contributed by atoms with van der Waals surface area (Å²) in [4.78, 5) is 7.66. The molecular weight excluding hydrogens is 267 g/mol. The van der Waals surface area contributed by atoms with E-state index in [2.05, 4.69) is 15.3 Å². The zero-order valence-corrected chi connectivity index (χ0v) is 11.4. The molecule has 0 aliphatic carbocycles. The summed E-state index contributed by atoms with van der Waals surface area (Å²) >= 11 is 0. The molecule has 1 N–H and O–H groups in total. The maximum Gasteiger partial charge on any atom is 0.419 e. The molecule has 0 bridgehead atoms. The van der Waals surface area contributed by atoms with Gasteiger partial charge in [0.05, 0.1) is 5.56 Å². The monoisotopic (exact) mass is 287 g/mol. The van der Waals surface area contributed by atoms with Gasteiger partial charge in [-0.3, -0.25) is 0 Å². The summed E-state index contributed by atoms with van der Waals surface area (Å²) < 4.78 is 37.2. The van der Waals surface area contributed by atoms with Crippen molar-refractivity contribution in [1.29, 1.82) is 0 Å². The highest BCUT2D eigenvalue weighted by atomic mass is 19.4. The standard InChI is InChI=1S/C14H20F3N3/c15-14(16,17)12-9-19-13(20-10-12)6-5-11-3-1-7-18-8-2-4-11/h9-11,18H,1-8H2. The quantitative estimate of drug-likeness (QED) is 0.927. The fourth-order valence-electron chi connectivity index (χ4n) is 2.55. The van der Waals surface area contributed by atoms with Gasteiger partial charge in [0.15, 0.2) is 0 Å². The first kappa shape index (κ1) is 15.2. The first-order chi connectivity index (χ1) is 9.55. The minimum atomic E-state index is -4.36. The van der Waals surface area contributed by atoms with Gasteiger partial charge >= 0.3 is 6.18 Å². The fraction of sp³-hybridized carbons (Fsp3) is 0.714. The predicted molar refractivity (Wildman–Crippen MR) is 70.2 cm³/mol. The summed E-state index contributed by atoms with van der Waals surface area (Å²) in [6, 6.07) is 0. The minimum Gasteiger partial charge on any atom is -0.317 e. The van der Waals surface area contributed by atoms with Gasteiger partial charge in [-0.2, -0.15) is 13.2 Å². The van der Waals surface area contributed by atoms with Gasteiger partial charge in [0.25, 0.3) is 0 Å². The van der Waals surface area contributed by atoms with Crippen molar-refractivity contribution in [3.05, 3.63) is 23.8 Å². The number of nitrogens with zero attached hydrogens (tertiary/aromatic N) is 2. The van der Waals surface area contributed by atoms with Gasteiger partial charge < -0.3 is 5.32 Å². The van der Waals surface area contributed by atoms with E-state index in [0.717, 1.165) is 31.9 Å². The smallest absolute Gasteiger partial charge is 0.317 e. The second-order valence-corrected chi connectivity index (χ2v) is 5.32. The Kier molecular flexibility index (Phi) is 5.34. The Hall–Kier alpha value is -1.17. The van der Waals surface area contributed by atoms with E-state index in [4.69, 9.17) is 0 Å². The predicted octanol–water partition coefficient (Wildman–Crippen LogP) is 3.21. The lowest BCUT2D eigenvalue weighted by atomic mass is 9.91. The molecule has 2 heterocycles. The second-order valence-electron chi connectivity index (χ2n) is 5.32. The van der Waals surface area contributed by atoms with Crippen molar-refractivity contribution >= 4 is 0 Å². The van der Waals surface area contributed by atoms with Gasteiger partial charge in [-0.1, -0.05) is 0 Å². The summed E-state index contributed by atoms with van der Waals surface area (Å²) in [6.45, 7) is 2.13. The van der Waals surface area contributed by atoms with Crippen LogP contribution < -0.4 is 5.32 Å². The van der Waals surface area contributed by atoms with Crippen LogP contribution in [0.3, 0.4) is 0 Å². The topological polar surface area (TPSA) is 37.8 Å². The van der Waals surface area contributed by atoms with E-state index in [9.17, 15) is 13.2 Å². The minimum absolute atomic E-state index is 0.512. The number of nitrogens with one attached hydrogen (secondary N) is 1. The van der Waals surface area contributed by atoms with E-state index in [0.29, 0.717) is 18.2 Å². The number of hydrogen-bond acceptors (Lipinski definition) is 3. The van der Waals surface area contributed by atoms with Crippen LogP contribution >= 0.6 is 0 Å². The van der Waals surface area contributed by atoms with E-state index >= 15 is 0 Å². The van der Waals surface area contributed by atoms with E-state index in [1.54, 1.807) is 0 Å². The number of halogens is 3. The maximum atomic E-state index is 12.4. The number of aromatic nitrogens is 2. The van der Waals surface area contributed by atoms with E-state index in [1.807, 2.05) is 0 Å². The van der Waals surface area contributed by atoms with Crippen LogP contribution in [0.2, 0.25) is 0 Å². The van der Waals surface area contributed by atoms with Gasteiger partial charge in [0.1, 0.15) is 5.82 Å². The van der Waals surface area contributed by atoms with Crippen LogP contribution in [-0.2, 0) is 12.6 Å². The molecule has 20 heavy (non-hydrogen) atoms. The summed E-state index contributed by atoms with van der Waals surface area (Å²) in [5.74, 6) is 1.15. The fourth-order valence-corrected chi connectivity index (χ4v) is 2.55. The van der Waals surface area contributed by atoms with Crippen molar-refractivity contribution < 1.29 is 13.2 Å². The van der Waals surface area contributed by atoms with E-state index in [1.165, 1.54) is 25.7 Å². The highest BCUT2D eigenvalue weighted by Gasteiger charge is 2.31. The first-order valence-electron chi connectivity index (χ1n) is 7.14. The lowest BCUT2D eigenvalue weighted by Crippen LogP contribution is -2.21. The van der Waals surface area contributed by atoms with Gasteiger partial charge in [0, 0.05) is 18.8 Å². The molecule has 1 aromatic heterocycles. The second kappa shape index (κ2) is 7.02. The van der Waals surface area contributed by atoms with Gasteiger partial charge in [-0.25, -0.2) is 9.97 Å². The van der Waals surface area contributed by atoms with Crippen LogP contribution in [0.25, 0.3) is 0 Å². The molecule has 3 nitrogen and oxygen atoms in total. The maximum absolute atomic E-state index is 12.4. The Morgan fingerprint density at radius 1 is 1.10 bits per heavy atom. The molecule has 1 aromatic rings. The first-order valence-corrected chi connectivity index (χ1v) is 7.14. The largest absolute Gasteiger partial charge is 0.419 e. The third-order valence-electron chi connectivity index (χ3n) is 3.74. The molecule has 1 aliphatic rings. The van der Waals surface area contributed by atoms with Crippen LogP contribution in [-0.4, -0.2) is 23.1 Å². The Morgan fingerprint density at radius 3 is 2.25 bits per heavy atom. The van der Waals surface area contributed by atoms with Crippen LogP contribution in [0.4, 0.5) is 13.2 Å². The number of rotatable bonds is 3. The highest BCUT2D eigenvalue weighted by Crippen LogP contribution is 2.28. The van der Waals surface area contributed by atoms with Crippen molar-refractivity contribution in [3.8, 4) is 0 Å². The summed E-state index contributed by atoms with van der Waals surface area (Å²) in [5.41, 5.74) is -0.779. The molecule has 0 amide bonds. The van der Waals surface area contributed by atoms with Crippen LogP contribution in [0, 0.1) is 5.92 Å². The van der Waals surface area contributed by atoms with Gasteiger partial charge in [-0.15, -0.1) is 0 Å². The molecule has 1 aliphatic heterocycles. The molecule has 6 heteroatoms. The molecule has 1 saturated heterocycles. The molecule has 0 radical (unpaired) electrons. The highest BCUT2D eigenvalue weighted by molar-refractivity contribution is 5.09. The van der Waals surface area contributed by atoms with Crippen LogP contribution in [0.1, 0.15) is 43.5 Å². The zero-order chi connectivity index (χ0) is 14.4. The average molecular weight is 287 g/mol. The molecule has 0 spiro atoms. The third-order valence-corrected chi connectivity index (χ3v) is 3.74. The normalized spacial score (nSPS) is 18.6. The molecular formula is C14H20F3N3. The summed E-state index contributed by atoms with van der Waals surface area (Å²) in [7, 11) is 0. The molecule has 0 aromatic carbocycles. The molecule has 0 atom stereocenters. The Morgan fingerprint density at radius 2 is 1.70 bits per heavy atom. The number of alkyl halides is 3. The summed E-state index contributed by atoms with van der Waals surface area (Å²) in [5, 5.41) is 3.37. The van der Waals surface area contributed by atoms with Crippen molar-refractivity contribution in [2.75, 3.05) is 13.1 Å². The molecule has 0 unspecified atom stereocenters. The van der Waals surface area contributed by atoms with Crippen LogP contribution in [0.15, 0.2) is 12.4 Å². The zero-order valence-electron chi connectivity index (χ0n) is 11.4. The third kappa shape index (κ3) is 4.74. The number of hydrogen-bond donors (Lipinski definition) is 1. The molecule has 0 saturated carbocycles. The van der Waals surface area contributed by atoms with Crippen molar-refractivity contribution in [2.24, 2.45) is 5.92 Å². The van der Waals surface area contributed by atoms with Gasteiger partial charge in [-0.05, 0) is 51.1 Å². The van der Waals surface area contributed by atoms with E-state index in [-0.39, 0.29) is 0 Å². The van der Waals surface area contributed by atoms with E-state index < -0.39 is 11.7 Å². The van der Waals surface area contributed by atoms with Crippen molar-refractivity contribution in [1.82, 2.24) is 15.3 Å². The molecule has 112 valence electrons. The van der Waals surface area contributed by atoms with Crippen molar-refractivity contribution in [2.45, 2.75) is 44.7 Å². The molecule has 1 fully saturated rings. The number of aryl methyl sites for hydroxylation is 1. The lowest BCUT2D eigenvalue weighted by Gasteiger charge is -2.19. The van der Waals surface area contributed by atoms with Crippen LogP contribution in [0.5, 0.6) is 0 Å². The Balaban J connectivity index is 1.83. The average Bonchev–Trinajstić information content (AvgIpc) is 2.37. The summed E-state index contributed by atoms with van der Waals surface area (Å²) in [6.07, 6.45) is 3.71.